The van der Waals surface area contributed by atoms with Crippen LogP contribution in [-0.4, -0.2) is 15.0 Å². The molecule has 4 heterocycles. The Kier molecular flexibility index (Phi) is 7.53. The largest absolute Gasteiger partial charge is 0.500 e. The number of nitrogens with zero attached hydrogens (tertiary/aromatic N) is 3. The van der Waals surface area contributed by atoms with Crippen LogP contribution in [0.15, 0.2) is 157 Å². The fourth-order valence-electron chi connectivity index (χ4n) is 6.03. The number of aromatic nitrogens is 3. The molecule has 4 aromatic heterocycles. The smallest absolute Gasteiger partial charge is 0.128 e. The SMILES string of the molecule is [2H]C([2H])([2H])c1c[c-]c(-c2ccc(C([2H])([2H])[2H])cn2)cc1.[Ir].[c-]1ccc2c(oc3c(-c4cccc5ccncc45)cc(-c4ccccc4)cc32)c1-c1ccccn1. The molecule has 5 heteroatoms. The van der Waals surface area contributed by atoms with E-state index in [-0.39, 0.29) is 31.2 Å². The van der Waals surface area contributed by atoms with Gasteiger partial charge in [0.2, 0.25) is 0 Å². The van der Waals surface area contributed by atoms with Gasteiger partial charge in [-0.15, -0.1) is 53.6 Å². The molecular formula is C45H31IrN3O-2. The number of hydrogen-bond donors (Lipinski definition) is 0. The third-order valence-corrected chi connectivity index (χ3v) is 8.39. The molecule has 0 unspecified atom stereocenters. The summed E-state index contributed by atoms with van der Waals surface area (Å²) in [5.74, 6) is 0. The summed E-state index contributed by atoms with van der Waals surface area (Å²) in [6.07, 6.45) is 6.86. The summed E-state index contributed by atoms with van der Waals surface area (Å²) < 4.78 is 50.3. The minimum absolute atomic E-state index is 0. The van der Waals surface area contributed by atoms with Crippen molar-refractivity contribution in [1.82, 2.24) is 15.0 Å². The standard InChI is InChI=1S/C32H19N2O.C13H12N.Ir/c1-2-8-21(9-3-1)23-18-27(24-11-6-10-22-15-17-33-20-29(22)24)32-28(19-23)25-12-7-13-26(31(25)35-32)30-14-4-5-16-34-30;1-10-3-6-12(7-4-10)13-8-5-11(2)9-14-13;/h1-12,14-20H;3-6,8-9H,1-2H3;/q2*-1;/i;1D3,2D3;. The van der Waals surface area contributed by atoms with Gasteiger partial charge >= 0.3 is 0 Å². The van der Waals surface area contributed by atoms with Crippen molar-refractivity contribution in [3.05, 3.63) is 175 Å². The van der Waals surface area contributed by atoms with Crippen molar-refractivity contribution >= 4 is 32.7 Å². The number of pyridine rings is 3. The van der Waals surface area contributed by atoms with E-state index in [0.717, 1.165) is 66.2 Å². The molecule has 0 N–H and O–H groups in total. The molecule has 0 amide bonds. The molecule has 4 nitrogen and oxygen atoms in total. The summed E-state index contributed by atoms with van der Waals surface area (Å²) in [5, 5.41) is 4.37. The second kappa shape index (κ2) is 14.4. The Morgan fingerprint density at radius 2 is 1.48 bits per heavy atom. The van der Waals surface area contributed by atoms with E-state index in [0.29, 0.717) is 11.3 Å². The molecule has 0 fully saturated rings. The fraction of sp³-hybridized carbons (Fsp3) is 0.0444. The van der Waals surface area contributed by atoms with Gasteiger partial charge in [0, 0.05) is 69.5 Å². The molecule has 0 saturated heterocycles. The molecule has 0 atom stereocenters. The van der Waals surface area contributed by atoms with Crippen LogP contribution in [0.4, 0.5) is 0 Å². The maximum Gasteiger partial charge on any atom is 0.128 e. The summed E-state index contributed by atoms with van der Waals surface area (Å²) in [7, 11) is 0. The number of fused-ring (bicyclic) bond motifs is 4. The Labute approximate surface area is 313 Å². The molecule has 9 aromatic rings. The topological polar surface area (TPSA) is 51.8 Å². The fourth-order valence-corrected chi connectivity index (χ4v) is 6.03. The summed E-state index contributed by atoms with van der Waals surface area (Å²) in [6, 6.07) is 47.1. The zero-order valence-electron chi connectivity index (χ0n) is 32.5. The van der Waals surface area contributed by atoms with Crippen LogP contribution < -0.4 is 0 Å². The van der Waals surface area contributed by atoms with E-state index in [1.807, 2.05) is 48.8 Å². The van der Waals surface area contributed by atoms with Crippen LogP contribution >= 0.6 is 0 Å². The van der Waals surface area contributed by atoms with Gasteiger partial charge in [0.25, 0.3) is 0 Å². The molecule has 243 valence electrons. The maximum absolute atomic E-state index is 7.28. The number of benzene rings is 5. The predicted octanol–water partition coefficient (Wildman–Crippen LogP) is 11.5. The van der Waals surface area contributed by atoms with Crippen molar-refractivity contribution < 1.29 is 32.7 Å². The molecular weight excluding hydrogens is 791 g/mol. The van der Waals surface area contributed by atoms with Crippen LogP contribution in [0.2, 0.25) is 0 Å². The van der Waals surface area contributed by atoms with Gasteiger partial charge in [0.1, 0.15) is 5.58 Å². The van der Waals surface area contributed by atoms with Gasteiger partial charge in [-0.3, -0.25) is 4.98 Å². The molecule has 1 radical (unpaired) electrons. The average molecular weight is 828 g/mol. The van der Waals surface area contributed by atoms with Crippen molar-refractivity contribution in [3.8, 4) is 44.8 Å². The maximum atomic E-state index is 7.28. The zero-order valence-corrected chi connectivity index (χ0v) is 28.9. The second-order valence-corrected chi connectivity index (χ2v) is 11.5. The molecule has 0 saturated carbocycles. The molecule has 0 aliphatic heterocycles. The van der Waals surface area contributed by atoms with Crippen molar-refractivity contribution in [1.29, 1.82) is 0 Å². The van der Waals surface area contributed by atoms with Crippen LogP contribution in [0, 0.1) is 25.8 Å². The van der Waals surface area contributed by atoms with Gasteiger partial charge in [-0.1, -0.05) is 90.6 Å². The van der Waals surface area contributed by atoms with E-state index in [4.69, 9.17) is 12.6 Å². The second-order valence-electron chi connectivity index (χ2n) is 11.5. The first kappa shape index (κ1) is 26.2. The van der Waals surface area contributed by atoms with E-state index in [2.05, 4.69) is 87.7 Å². The first-order valence-corrected chi connectivity index (χ1v) is 15.7. The molecule has 0 bridgehead atoms. The Morgan fingerprint density at radius 3 is 2.26 bits per heavy atom. The van der Waals surface area contributed by atoms with E-state index in [1.165, 1.54) is 24.4 Å². The van der Waals surface area contributed by atoms with E-state index in [1.54, 1.807) is 18.3 Å². The number of hydrogen-bond acceptors (Lipinski definition) is 4. The third kappa shape index (κ3) is 6.49. The molecule has 0 spiro atoms. The van der Waals surface area contributed by atoms with Crippen LogP contribution in [0.1, 0.15) is 19.4 Å². The van der Waals surface area contributed by atoms with Gasteiger partial charge in [0.15, 0.2) is 0 Å². The number of aryl methyl sites for hydroxylation is 2. The Bertz CT molecular complexity index is 2710. The van der Waals surface area contributed by atoms with Crippen molar-refractivity contribution in [2.24, 2.45) is 0 Å². The van der Waals surface area contributed by atoms with Gasteiger partial charge < -0.3 is 14.4 Å². The first-order valence-electron chi connectivity index (χ1n) is 18.7. The summed E-state index contributed by atoms with van der Waals surface area (Å²) in [5.41, 5.74) is 9.36. The molecule has 0 aliphatic rings. The van der Waals surface area contributed by atoms with E-state index in [9.17, 15) is 0 Å². The monoisotopic (exact) mass is 828 g/mol. The number of furan rings is 1. The molecule has 50 heavy (non-hydrogen) atoms. The van der Waals surface area contributed by atoms with Crippen LogP contribution in [0.5, 0.6) is 0 Å². The quantitative estimate of drug-likeness (QED) is 0.166. The van der Waals surface area contributed by atoms with Crippen LogP contribution in [0.3, 0.4) is 0 Å². The first-order chi connectivity index (χ1) is 26.5. The van der Waals surface area contributed by atoms with Crippen molar-refractivity contribution in [2.45, 2.75) is 13.7 Å². The summed E-state index contributed by atoms with van der Waals surface area (Å²) in [6.45, 7) is -4.34. The normalized spacial score (nSPS) is 13.1. The van der Waals surface area contributed by atoms with Gasteiger partial charge in [-0.2, -0.15) is 0 Å². The van der Waals surface area contributed by atoms with Gasteiger partial charge in [0.05, 0.1) is 5.58 Å². The Morgan fingerprint density at radius 1 is 0.600 bits per heavy atom. The Balaban J connectivity index is 0.000000197. The summed E-state index contributed by atoms with van der Waals surface area (Å²) in [4.78, 5) is 13.0. The minimum Gasteiger partial charge on any atom is -0.500 e. The number of rotatable bonds is 4. The minimum atomic E-state index is -2.18. The van der Waals surface area contributed by atoms with Crippen LogP contribution in [-0.2, 0) is 20.1 Å². The molecule has 5 aromatic carbocycles. The third-order valence-electron chi connectivity index (χ3n) is 8.39. The summed E-state index contributed by atoms with van der Waals surface area (Å²) >= 11 is 0. The Hall–Kier alpha value is -5.74. The van der Waals surface area contributed by atoms with Crippen molar-refractivity contribution in [3.63, 3.8) is 0 Å². The average Bonchev–Trinajstić information content (AvgIpc) is 3.60. The molecule has 9 rings (SSSR count). The van der Waals surface area contributed by atoms with Gasteiger partial charge in [-0.25, -0.2) is 0 Å². The zero-order chi connectivity index (χ0) is 38.2. The van der Waals surface area contributed by atoms with Crippen LogP contribution in [0.25, 0.3) is 77.5 Å². The predicted molar refractivity (Wildman–Crippen MR) is 200 cm³/mol. The van der Waals surface area contributed by atoms with Crippen molar-refractivity contribution in [2.75, 3.05) is 0 Å². The molecule has 0 aliphatic carbocycles. The van der Waals surface area contributed by atoms with E-state index >= 15 is 0 Å². The van der Waals surface area contributed by atoms with Gasteiger partial charge in [-0.05, 0) is 70.1 Å². The van der Waals surface area contributed by atoms with E-state index < -0.39 is 13.7 Å².